The molecule has 6 nitrogen and oxygen atoms in total. The highest BCUT2D eigenvalue weighted by Crippen LogP contribution is 2.38. The molecular weight excluding hydrogens is 342 g/mol. The van der Waals surface area contributed by atoms with Gasteiger partial charge in [-0.25, -0.2) is 4.79 Å². The first-order valence-electron chi connectivity index (χ1n) is 9.77. The van der Waals surface area contributed by atoms with Crippen LogP contribution in [0.1, 0.15) is 46.5 Å². The van der Waals surface area contributed by atoms with E-state index in [1.54, 1.807) is 12.0 Å². The number of hydrogen-bond acceptors (Lipinski definition) is 3. The monoisotopic (exact) mass is 373 g/mol. The quantitative estimate of drug-likeness (QED) is 0.851. The molecule has 0 unspecified atom stereocenters. The Morgan fingerprint density at radius 1 is 1.22 bits per heavy atom. The van der Waals surface area contributed by atoms with Crippen molar-refractivity contribution >= 4 is 17.6 Å². The van der Waals surface area contributed by atoms with E-state index < -0.39 is 0 Å². The Balaban J connectivity index is 1.55. The van der Waals surface area contributed by atoms with Crippen LogP contribution in [0.2, 0.25) is 0 Å². The van der Waals surface area contributed by atoms with Crippen molar-refractivity contribution in [2.24, 2.45) is 11.3 Å². The van der Waals surface area contributed by atoms with Gasteiger partial charge in [-0.15, -0.1) is 0 Å². The van der Waals surface area contributed by atoms with Gasteiger partial charge in [0.2, 0.25) is 5.91 Å². The minimum Gasteiger partial charge on any atom is -0.497 e. The van der Waals surface area contributed by atoms with Crippen LogP contribution >= 0.6 is 0 Å². The van der Waals surface area contributed by atoms with E-state index in [0.717, 1.165) is 18.5 Å². The van der Waals surface area contributed by atoms with Gasteiger partial charge in [0.1, 0.15) is 5.75 Å². The van der Waals surface area contributed by atoms with Crippen LogP contribution in [0, 0.1) is 11.3 Å². The van der Waals surface area contributed by atoms with Crippen molar-refractivity contribution in [2.75, 3.05) is 18.6 Å². The summed E-state index contributed by atoms with van der Waals surface area (Å²) in [7, 11) is 1.60. The lowest BCUT2D eigenvalue weighted by Crippen LogP contribution is -2.50. The molecule has 1 aliphatic carbocycles. The van der Waals surface area contributed by atoms with E-state index in [9.17, 15) is 9.59 Å². The predicted octanol–water partition coefficient (Wildman–Crippen LogP) is 3.31. The summed E-state index contributed by atoms with van der Waals surface area (Å²) in [5, 5.41) is 6.10. The van der Waals surface area contributed by atoms with Gasteiger partial charge in [-0.3, -0.25) is 4.79 Å². The third kappa shape index (κ3) is 4.93. The van der Waals surface area contributed by atoms with Crippen LogP contribution in [0.15, 0.2) is 24.3 Å². The molecule has 1 aromatic rings. The van der Waals surface area contributed by atoms with Crippen LogP contribution in [-0.2, 0) is 4.79 Å². The molecule has 6 heteroatoms. The molecule has 1 aliphatic heterocycles. The summed E-state index contributed by atoms with van der Waals surface area (Å²) < 4.78 is 5.23. The Labute approximate surface area is 161 Å². The van der Waals surface area contributed by atoms with Gasteiger partial charge < -0.3 is 20.3 Å². The highest BCUT2D eigenvalue weighted by molar-refractivity contribution is 5.97. The molecule has 1 aromatic carbocycles. The first-order chi connectivity index (χ1) is 12.8. The predicted molar refractivity (Wildman–Crippen MR) is 106 cm³/mol. The summed E-state index contributed by atoms with van der Waals surface area (Å²) >= 11 is 0. The number of urea groups is 1. The minimum atomic E-state index is -0.183. The van der Waals surface area contributed by atoms with E-state index in [2.05, 4.69) is 31.4 Å². The van der Waals surface area contributed by atoms with Crippen LogP contribution in [0.4, 0.5) is 10.5 Å². The molecule has 1 saturated carbocycles. The van der Waals surface area contributed by atoms with E-state index in [4.69, 9.17) is 4.74 Å². The van der Waals surface area contributed by atoms with Gasteiger partial charge in [-0.05, 0) is 42.7 Å². The lowest BCUT2D eigenvalue weighted by atomic mass is 9.71. The lowest BCUT2D eigenvalue weighted by Gasteiger charge is -2.39. The number of ether oxygens (including phenoxy) is 1. The maximum absolute atomic E-state index is 12.5. The number of benzene rings is 1. The normalized spacial score (nSPS) is 27.3. The number of amides is 3. The average Bonchev–Trinajstić information content (AvgIpc) is 2.93. The molecular formula is C21H31N3O3. The van der Waals surface area contributed by atoms with Crippen molar-refractivity contribution in [1.29, 1.82) is 0 Å². The van der Waals surface area contributed by atoms with Crippen molar-refractivity contribution < 1.29 is 14.3 Å². The van der Waals surface area contributed by atoms with Crippen LogP contribution in [0.25, 0.3) is 0 Å². The molecule has 1 heterocycles. The minimum absolute atomic E-state index is 0.0148. The van der Waals surface area contributed by atoms with E-state index in [1.165, 1.54) is 6.42 Å². The van der Waals surface area contributed by atoms with Crippen LogP contribution < -0.4 is 20.3 Å². The lowest BCUT2D eigenvalue weighted by molar-refractivity contribution is -0.117. The number of carbonyl (C=O) groups excluding carboxylic acids is 2. The summed E-state index contributed by atoms with van der Waals surface area (Å²) in [5.41, 5.74) is 1.05. The molecule has 2 fully saturated rings. The van der Waals surface area contributed by atoms with Crippen molar-refractivity contribution in [3.05, 3.63) is 24.3 Å². The number of hydrogen-bond donors (Lipinski definition) is 2. The van der Waals surface area contributed by atoms with Crippen molar-refractivity contribution in [3.8, 4) is 5.75 Å². The molecule has 0 spiro atoms. The van der Waals surface area contributed by atoms with Crippen LogP contribution in [0.5, 0.6) is 5.75 Å². The van der Waals surface area contributed by atoms with Gasteiger partial charge in [0.05, 0.1) is 13.2 Å². The van der Waals surface area contributed by atoms with Crippen LogP contribution in [-0.4, -0.2) is 37.7 Å². The highest BCUT2D eigenvalue weighted by atomic mass is 16.5. The molecule has 2 aliphatic rings. The summed E-state index contributed by atoms with van der Waals surface area (Å²) in [4.78, 5) is 26.6. The first kappa shape index (κ1) is 19.5. The second kappa shape index (κ2) is 7.79. The molecule has 27 heavy (non-hydrogen) atoms. The van der Waals surface area contributed by atoms with E-state index in [1.807, 2.05) is 24.3 Å². The summed E-state index contributed by atoms with van der Waals surface area (Å²) in [6, 6.07) is 7.27. The zero-order chi connectivity index (χ0) is 19.6. The second-order valence-electron chi connectivity index (χ2n) is 8.83. The first-order valence-corrected chi connectivity index (χ1v) is 9.77. The molecule has 3 amide bonds. The largest absolute Gasteiger partial charge is 0.497 e. The topological polar surface area (TPSA) is 70.7 Å². The molecule has 2 N–H and O–H groups in total. The Kier molecular flexibility index (Phi) is 5.63. The molecule has 0 radical (unpaired) electrons. The zero-order valence-electron chi connectivity index (χ0n) is 16.7. The third-order valence-corrected chi connectivity index (χ3v) is 5.55. The third-order valence-electron chi connectivity index (χ3n) is 5.55. The van der Waals surface area contributed by atoms with Gasteiger partial charge in [0, 0.05) is 30.8 Å². The Morgan fingerprint density at radius 2 is 1.96 bits per heavy atom. The van der Waals surface area contributed by atoms with Gasteiger partial charge >= 0.3 is 6.03 Å². The molecule has 1 saturated heterocycles. The maximum Gasteiger partial charge on any atom is 0.315 e. The van der Waals surface area contributed by atoms with Gasteiger partial charge in [-0.2, -0.15) is 0 Å². The standard InChI is InChI=1S/C21H31N3O3/c1-14-8-15(12-21(2,3)11-14)22-20(26)23-16-9-19(25)24(13-16)17-6-5-7-18(10-17)27-4/h5-7,10,14-16H,8-9,11-13H2,1-4H3,(H2,22,23,26)/t14-,15+,16+/m0/s1. The summed E-state index contributed by atoms with van der Waals surface area (Å²) in [6.07, 6.45) is 3.51. The Bertz CT molecular complexity index is 704. The van der Waals surface area contributed by atoms with Crippen molar-refractivity contribution in [2.45, 2.75) is 58.5 Å². The van der Waals surface area contributed by atoms with Gasteiger partial charge in [0.25, 0.3) is 0 Å². The van der Waals surface area contributed by atoms with Gasteiger partial charge in [-0.1, -0.05) is 26.8 Å². The average molecular weight is 373 g/mol. The van der Waals surface area contributed by atoms with E-state index >= 15 is 0 Å². The Morgan fingerprint density at radius 3 is 2.67 bits per heavy atom. The van der Waals surface area contributed by atoms with E-state index in [0.29, 0.717) is 24.6 Å². The molecule has 3 atom stereocenters. The van der Waals surface area contributed by atoms with Crippen molar-refractivity contribution in [1.82, 2.24) is 10.6 Å². The smallest absolute Gasteiger partial charge is 0.315 e. The molecule has 0 bridgehead atoms. The fourth-order valence-electron chi connectivity index (χ4n) is 4.70. The van der Waals surface area contributed by atoms with Crippen LogP contribution in [0.3, 0.4) is 0 Å². The Hall–Kier alpha value is -2.24. The highest BCUT2D eigenvalue weighted by Gasteiger charge is 2.35. The number of anilines is 1. The molecule has 3 rings (SSSR count). The second-order valence-corrected chi connectivity index (χ2v) is 8.83. The molecule has 148 valence electrons. The van der Waals surface area contributed by atoms with Gasteiger partial charge in [0.15, 0.2) is 0 Å². The number of rotatable bonds is 4. The summed E-state index contributed by atoms with van der Waals surface area (Å²) in [6.45, 7) is 7.24. The van der Waals surface area contributed by atoms with Crippen molar-refractivity contribution in [3.63, 3.8) is 0 Å². The SMILES string of the molecule is COc1cccc(N2C[C@H](NC(=O)N[C@@H]3C[C@H](C)CC(C)(C)C3)CC2=O)c1. The number of nitrogens with one attached hydrogen (secondary N) is 2. The number of carbonyl (C=O) groups is 2. The van der Waals surface area contributed by atoms with E-state index in [-0.39, 0.29) is 29.4 Å². The number of nitrogens with zero attached hydrogens (tertiary/aromatic N) is 1. The molecule has 0 aromatic heterocycles. The fraction of sp³-hybridized carbons (Fsp3) is 0.619. The maximum atomic E-state index is 12.5. The number of methoxy groups -OCH3 is 1. The fourth-order valence-corrected chi connectivity index (χ4v) is 4.70. The summed E-state index contributed by atoms with van der Waals surface area (Å²) in [5.74, 6) is 1.33. The zero-order valence-corrected chi connectivity index (χ0v) is 16.7.